The molecule has 2 heterocycles. The van der Waals surface area contributed by atoms with Crippen LogP contribution in [0.25, 0.3) is 11.1 Å². The number of halogens is 1. The zero-order valence-electron chi connectivity index (χ0n) is 21.5. The van der Waals surface area contributed by atoms with Gasteiger partial charge in [-0.05, 0) is 62.6 Å². The van der Waals surface area contributed by atoms with Crippen LogP contribution in [0.5, 0.6) is 0 Å². The molecule has 8 nitrogen and oxygen atoms in total. The zero-order valence-corrected chi connectivity index (χ0v) is 21.5. The summed E-state index contributed by atoms with van der Waals surface area (Å²) in [4.78, 5) is 28.0. The first kappa shape index (κ1) is 26.4. The van der Waals surface area contributed by atoms with Crippen LogP contribution in [0.15, 0.2) is 42.5 Å². The van der Waals surface area contributed by atoms with Gasteiger partial charge in [-0.1, -0.05) is 18.2 Å². The Morgan fingerprint density at radius 1 is 1.14 bits per heavy atom. The number of amides is 2. The van der Waals surface area contributed by atoms with E-state index in [1.165, 1.54) is 12.1 Å². The first-order valence-corrected chi connectivity index (χ1v) is 12.5. The third kappa shape index (κ3) is 6.38. The molecule has 0 saturated carbocycles. The van der Waals surface area contributed by atoms with Crippen LogP contribution in [0.3, 0.4) is 0 Å². The van der Waals surface area contributed by atoms with Crippen molar-refractivity contribution < 1.29 is 23.5 Å². The second kappa shape index (κ2) is 10.8. The SMILES string of the molecule is CC(C)(C)OC(=O)NC1(C(=O)N[C@H]2CCN(c3ccc(-c4ccc(F)cc4)cc3C#N)C2)CCOCC1. The van der Waals surface area contributed by atoms with Crippen LogP contribution in [-0.4, -0.2) is 55.5 Å². The molecule has 2 amide bonds. The van der Waals surface area contributed by atoms with Crippen LogP contribution >= 0.6 is 0 Å². The molecule has 2 aliphatic heterocycles. The summed E-state index contributed by atoms with van der Waals surface area (Å²) in [6, 6.07) is 13.9. The highest BCUT2D eigenvalue weighted by molar-refractivity contribution is 5.90. The van der Waals surface area contributed by atoms with E-state index in [2.05, 4.69) is 21.6 Å². The van der Waals surface area contributed by atoms with Gasteiger partial charge in [-0.15, -0.1) is 0 Å². The fourth-order valence-corrected chi connectivity index (χ4v) is 4.77. The van der Waals surface area contributed by atoms with Crippen LogP contribution < -0.4 is 15.5 Å². The van der Waals surface area contributed by atoms with Crippen molar-refractivity contribution in [3.05, 3.63) is 53.8 Å². The number of nitriles is 1. The van der Waals surface area contributed by atoms with Crippen LogP contribution in [0, 0.1) is 17.1 Å². The maximum absolute atomic E-state index is 13.4. The van der Waals surface area contributed by atoms with Crippen molar-refractivity contribution in [2.24, 2.45) is 0 Å². The average molecular weight is 509 g/mol. The predicted molar refractivity (Wildman–Crippen MR) is 137 cm³/mol. The van der Waals surface area contributed by atoms with Gasteiger partial charge in [-0.3, -0.25) is 4.79 Å². The molecule has 0 radical (unpaired) electrons. The lowest BCUT2D eigenvalue weighted by molar-refractivity contribution is -0.132. The van der Waals surface area contributed by atoms with Gasteiger partial charge in [0, 0.05) is 45.2 Å². The van der Waals surface area contributed by atoms with Crippen molar-refractivity contribution in [3.63, 3.8) is 0 Å². The molecule has 37 heavy (non-hydrogen) atoms. The molecule has 196 valence electrons. The topological polar surface area (TPSA) is 104 Å². The summed E-state index contributed by atoms with van der Waals surface area (Å²) in [7, 11) is 0. The van der Waals surface area contributed by atoms with Crippen LogP contribution in [-0.2, 0) is 14.3 Å². The second-order valence-corrected chi connectivity index (χ2v) is 10.6. The highest BCUT2D eigenvalue weighted by Crippen LogP contribution is 2.30. The molecule has 0 aromatic heterocycles. The summed E-state index contributed by atoms with van der Waals surface area (Å²) in [5.74, 6) is -0.560. The number of carbonyl (C=O) groups excluding carboxylic acids is 2. The van der Waals surface area contributed by atoms with E-state index in [1.807, 2.05) is 12.1 Å². The molecule has 0 spiro atoms. The number of ether oxygens (including phenoxy) is 2. The molecular formula is C28H33FN4O4. The lowest BCUT2D eigenvalue weighted by Gasteiger charge is -2.37. The Bertz CT molecular complexity index is 1180. The number of hydrogen-bond donors (Lipinski definition) is 2. The first-order valence-electron chi connectivity index (χ1n) is 12.5. The van der Waals surface area contributed by atoms with Crippen LogP contribution in [0.1, 0.15) is 45.6 Å². The molecule has 2 fully saturated rings. The second-order valence-electron chi connectivity index (χ2n) is 10.6. The van der Waals surface area contributed by atoms with Crippen molar-refractivity contribution in [1.29, 1.82) is 5.26 Å². The number of rotatable bonds is 5. The van der Waals surface area contributed by atoms with Crippen LogP contribution in [0.4, 0.5) is 14.9 Å². The van der Waals surface area contributed by atoms with Crippen molar-refractivity contribution in [2.75, 3.05) is 31.2 Å². The number of hydrogen-bond acceptors (Lipinski definition) is 6. The van der Waals surface area contributed by atoms with Crippen LogP contribution in [0.2, 0.25) is 0 Å². The Kier molecular flexibility index (Phi) is 7.69. The number of nitrogens with zero attached hydrogens (tertiary/aromatic N) is 2. The molecule has 0 unspecified atom stereocenters. The van der Waals surface area contributed by atoms with Gasteiger partial charge in [0.15, 0.2) is 0 Å². The molecule has 4 rings (SSSR count). The minimum Gasteiger partial charge on any atom is -0.444 e. The highest BCUT2D eigenvalue weighted by atomic mass is 19.1. The van der Waals surface area contributed by atoms with Gasteiger partial charge < -0.3 is 25.0 Å². The maximum atomic E-state index is 13.4. The maximum Gasteiger partial charge on any atom is 0.408 e. The van der Waals surface area contributed by atoms with E-state index in [1.54, 1.807) is 39.0 Å². The normalized spacial score (nSPS) is 19.1. The largest absolute Gasteiger partial charge is 0.444 e. The van der Waals surface area contributed by atoms with E-state index in [0.717, 1.165) is 16.8 Å². The quantitative estimate of drug-likeness (QED) is 0.630. The first-order chi connectivity index (χ1) is 17.6. The van der Waals surface area contributed by atoms with E-state index in [0.29, 0.717) is 51.1 Å². The number of alkyl carbamates (subject to hydrolysis) is 1. The number of anilines is 1. The van der Waals surface area contributed by atoms with Gasteiger partial charge in [0.05, 0.1) is 11.3 Å². The summed E-state index contributed by atoms with van der Waals surface area (Å²) in [5, 5.41) is 15.7. The fraction of sp³-hybridized carbons (Fsp3) is 0.464. The number of carbonyl (C=O) groups is 2. The Morgan fingerprint density at radius 3 is 2.46 bits per heavy atom. The molecule has 1 atom stereocenters. The molecule has 9 heteroatoms. The Labute approximate surface area is 216 Å². The van der Waals surface area contributed by atoms with Crippen molar-refractivity contribution in [3.8, 4) is 17.2 Å². The molecular weight excluding hydrogens is 475 g/mol. The Morgan fingerprint density at radius 2 is 1.81 bits per heavy atom. The Balaban J connectivity index is 1.44. The summed E-state index contributed by atoms with van der Waals surface area (Å²) in [6.45, 7) is 7.27. The number of benzene rings is 2. The van der Waals surface area contributed by atoms with E-state index < -0.39 is 17.2 Å². The third-order valence-electron chi connectivity index (χ3n) is 6.68. The van der Waals surface area contributed by atoms with Gasteiger partial charge in [0.2, 0.25) is 5.91 Å². The monoisotopic (exact) mass is 508 g/mol. The summed E-state index contributed by atoms with van der Waals surface area (Å²) in [5.41, 5.74) is 1.19. The van der Waals surface area contributed by atoms with E-state index in [-0.39, 0.29) is 17.8 Å². The van der Waals surface area contributed by atoms with E-state index in [9.17, 15) is 19.2 Å². The molecule has 0 bridgehead atoms. The third-order valence-corrected chi connectivity index (χ3v) is 6.68. The average Bonchev–Trinajstić information content (AvgIpc) is 3.31. The van der Waals surface area contributed by atoms with E-state index in [4.69, 9.17) is 9.47 Å². The van der Waals surface area contributed by atoms with Gasteiger partial charge in [-0.2, -0.15) is 5.26 Å². The van der Waals surface area contributed by atoms with Gasteiger partial charge in [0.1, 0.15) is 23.0 Å². The number of nitrogens with one attached hydrogen (secondary N) is 2. The lowest BCUT2D eigenvalue weighted by atomic mass is 9.88. The summed E-state index contributed by atoms with van der Waals surface area (Å²) >= 11 is 0. The van der Waals surface area contributed by atoms with Crippen molar-refractivity contribution >= 4 is 17.7 Å². The molecule has 2 aromatic carbocycles. The molecule has 2 N–H and O–H groups in total. The van der Waals surface area contributed by atoms with Crippen molar-refractivity contribution in [1.82, 2.24) is 10.6 Å². The van der Waals surface area contributed by atoms with Gasteiger partial charge in [-0.25, -0.2) is 9.18 Å². The molecule has 2 aliphatic rings. The smallest absolute Gasteiger partial charge is 0.408 e. The van der Waals surface area contributed by atoms with Gasteiger partial charge >= 0.3 is 6.09 Å². The zero-order chi connectivity index (χ0) is 26.6. The van der Waals surface area contributed by atoms with E-state index >= 15 is 0 Å². The standard InChI is InChI=1S/C28H33FN4O4/c1-27(2,3)37-26(35)32-28(11-14-36-15-12-28)25(34)31-23-10-13-33(18-23)24-9-6-20(16-21(24)17-30)19-4-7-22(29)8-5-19/h4-9,16,23H,10-15,18H2,1-3H3,(H,31,34)(H,32,35)/t23-/m0/s1. The molecule has 2 aromatic rings. The minimum atomic E-state index is -1.09. The Hall–Kier alpha value is -3.64. The molecule has 2 saturated heterocycles. The minimum absolute atomic E-state index is 0.143. The highest BCUT2D eigenvalue weighted by Gasteiger charge is 2.43. The predicted octanol–water partition coefficient (Wildman–Crippen LogP) is 4.13. The summed E-state index contributed by atoms with van der Waals surface area (Å²) in [6.07, 6.45) is 0.795. The lowest BCUT2D eigenvalue weighted by Crippen LogP contribution is -2.63. The molecule has 0 aliphatic carbocycles. The fourth-order valence-electron chi connectivity index (χ4n) is 4.77. The van der Waals surface area contributed by atoms with Gasteiger partial charge in [0.25, 0.3) is 0 Å². The summed E-state index contributed by atoms with van der Waals surface area (Å²) < 4.78 is 24.1. The van der Waals surface area contributed by atoms with Crippen molar-refractivity contribution in [2.45, 2.75) is 57.2 Å².